The molecule has 0 fully saturated rings. The van der Waals surface area contributed by atoms with Gasteiger partial charge in [0.15, 0.2) is 0 Å². The van der Waals surface area contributed by atoms with E-state index in [9.17, 15) is 4.79 Å². The molecule has 128 valence electrons. The number of ether oxygens (including phenoxy) is 1. The molecule has 0 saturated heterocycles. The van der Waals surface area contributed by atoms with E-state index in [0.717, 1.165) is 11.4 Å². The van der Waals surface area contributed by atoms with Crippen molar-refractivity contribution in [3.63, 3.8) is 0 Å². The Kier molecular flexibility index (Phi) is 5.36. The van der Waals surface area contributed by atoms with Gasteiger partial charge in [-0.1, -0.05) is 29.8 Å². The standard InChI is InChI=1S/C19H18ClN3O2/c1-14-18(13-22-23(14)16-5-3-2-4-6-16)19(24)21-11-12-25-17-9-7-15(20)8-10-17/h2-10,13H,11-12H2,1H3,(H,21,24). The predicted molar refractivity (Wildman–Crippen MR) is 97.6 cm³/mol. The van der Waals surface area contributed by atoms with Crippen LogP contribution in [0.5, 0.6) is 5.75 Å². The Hall–Kier alpha value is -2.79. The third-order valence-corrected chi connectivity index (χ3v) is 3.98. The molecule has 3 aromatic rings. The first kappa shape index (κ1) is 17.0. The summed E-state index contributed by atoms with van der Waals surface area (Å²) in [5, 5.41) is 7.80. The van der Waals surface area contributed by atoms with E-state index >= 15 is 0 Å². The van der Waals surface area contributed by atoms with Crippen molar-refractivity contribution in [2.45, 2.75) is 6.92 Å². The molecule has 0 aliphatic rings. The number of halogens is 1. The topological polar surface area (TPSA) is 56.1 Å². The van der Waals surface area contributed by atoms with Gasteiger partial charge in [0.25, 0.3) is 5.91 Å². The highest BCUT2D eigenvalue weighted by Crippen LogP contribution is 2.15. The fraction of sp³-hybridized carbons (Fsp3) is 0.158. The van der Waals surface area contributed by atoms with Gasteiger partial charge >= 0.3 is 0 Å². The number of amides is 1. The van der Waals surface area contributed by atoms with Gasteiger partial charge in [-0.15, -0.1) is 0 Å². The maximum atomic E-state index is 12.3. The molecule has 6 heteroatoms. The molecule has 2 aromatic carbocycles. The Morgan fingerprint density at radius 2 is 1.88 bits per heavy atom. The monoisotopic (exact) mass is 355 g/mol. The van der Waals surface area contributed by atoms with E-state index in [4.69, 9.17) is 16.3 Å². The number of benzene rings is 2. The Labute approximate surface area is 151 Å². The van der Waals surface area contributed by atoms with Gasteiger partial charge in [0, 0.05) is 5.02 Å². The summed E-state index contributed by atoms with van der Waals surface area (Å²) >= 11 is 5.82. The van der Waals surface area contributed by atoms with Gasteiger partial charge in [-0.05, 0) is 43.3 Å². The van der Waals surface area contributed by atoms with Crippen LogP contribution in [-0.4, -0.2) is 28.8 Å². The van der Waals surface area contributed by atoms with Crippen molar-refractivity contribution in [2.75, 3.05) is 13.2 Å². The highest BCUT2D eigenvalue weighted by molar-refractivity contribution is 6.30. The van der Waals surface area contributed by atoms with E-state index in [1.54, 1.807) is 35.1 Å². The minimum absolute atomic E-state index is 0.167. The first-order chi connectivity index (χ1) is 12.1. The maximum absolute atomic E-state index is 12.3. The van der Waals surface area contributed by atoms with Gasteiger partial charge in [-0.2, -0.15) is 5.10 Å². The van der Waals surface area contributed by atoms with Crippen LogP contribution in [0.1, 0.15) is 16.1 Å². The summed E-state index contributed by atoms with van der Waals surface area (Å²) in [6.07, 6.45) is 1.58. The van der Waals surface area contributed by atoms with Crippen molar-refractivity contribution in [1.29, 1.82) is 0 Å². The Morgan fingerprint density at radius 1 is 1.16 bits per heavy atom. The first-order valence-electron chi connectivity index (χ1n) is 7.92. The molecule has 0 radical (unpaired) electrons. The molecular weight excluding hydrogens is 338 g/mol. The normalized spacial score (nSPS) is 10.5. The smallest absolute Gasteiger partial charge is 0.254 e. The van der Waals surface area contributed by atoms with Gasteiger partial charge < -0.3 is 10.1 Å². The van der Waals surface area contributed by atoms with E-state index < -0.39 is 0 Å². The Balaban J connectivity index is 1.55. The molecule has 0 aliphatic carbocycles. The van der Waals surface area contributed by atoms with Crippen LogP contribution >= 0.6 is 11.6 Å². The van der Waals surface area contributed by atoms with Crippen molar-refractivity contribution in [3.05, 3.63) is 77.1 Å². The van der Waals surface area contributed by atoms with E-state index in [1.807, 2.05) is 37.3 Å². The Morgan fingerprint density at radius 3 is 2.60 bits per heavy atom. The molecule has 0 unspecified atom stereocenters. The zero-order valence-electron chi connectivity index (χ0n) is 13.8. The fourth-order valence-electron chi connectivity index (χ4n) is 2.42. The third kappa shape index (κ3) is 4.19. The summed E-state index contributed by atoms with van der Waals surface area (Å²) < 4.78 is 7.31. The summed E-state index contributed by atoms with van der Waals surface area (Å²) in [4.78, 5) is 12.3. The van der Waals surface area contributed by atoms with Crippen molar-refractivity contribution in [2.24, 2.45) is 0 Å². The summed E-state index contributed by atoms with van der Waals surface area (Å²) in [6, 6.07) is 16.8. The lowest BCUT2D eigenvalue weighted by molar-refractivity contribution is 0.0946. The van der Waals surface area contributed by atoms with Crippen molar-refractivity contribution in [1.82, 2.24) is 15.1 Å². The van der Waals surface area contributed by atoms with E-state index in [2.05, 4.69) is 10.4 Å². The molecule has 25 heavy (non-hydrogen) atoms. The third-order valence-electron chi connectivity index (χ3n) is 3.73. The van der Waals surface area contributed by atoms with Crippen LogP contribution < -0.4 is 10.1 Å². The Bertz CT molecular complexity index is 845. The average molecular weight is 356 g/mol. The number of rotatable bonds is 6. The van der Waals surface area contributed by atoms with Gasteiger partial charge in [-0.25, -0.2) is 4.68 Å². The van der Waals surface area contributed by atoms with Crippen LogP contribution in [0.15, 0.2) is 60.8 Å². The molecule has 0 atom stereocenters. The van der Waals surface area contributed by atoms with E-state index in [1.165, 1.54) is 0 Å². The second-order valence-corrected chi connectivity index (χ2v) is 5.89. The van der Waals surface area contributed by atoms with Crippen molar-refractivity contribution >= 4 is 17.5 Å². The van der Waals surface area contributed by atoms with E-state index in [-0.39, 0.29) is 5.91 Å². The molecule has 0 saturated carbocycles. The summed E-state index contributed by atoms with van der Waals surface area (Å²) in [7, 11) is 0. The fourth-order valence-corrected chi connectivity index (χ4v) is 2.55. The van der Waals surface area contributed by atoms with Crippen molar-refractivity contribution < 1.29 is 9.53 Å². The average Bonchev–Trinajstić information content (AvgIpc) is 3.02. The summed E-state index contributed by atoms with van der Waals surface area (Å²) in [5.74, 6) is 0.547. The van der Waals surface area contributed by atoms with Crippen LogP contribution in [0.4, 0.5) is 0 Å². The lowest BCUT2D eigenvalue weighted by Crippen LogP contribution is -2.28. The van der Waals surface area contributed by atoms with Gasteiger partial charge in [0.05, 0.1) is 29.7 Å². The molecule has 0 aliphatic heterocycles. The zero-order chi connectivity index (χ0) is 17.6. The molecule has 3 rings (SSSR count). The minimum Gasteiger partial charge on any atom is -0.492 e. The highest BCUT2D eigenvalue weighted by Gasteiger charge is 2.14. The largest absolute Gasteiger partial charge is 0.492 e. The number of nitrogens with one attached hydrogen (secondary N) is 1. The number of carbonyl (C=O) groups excluding carboxylic acids is 1. The number of carbonyl (C=O) groups is 1. The number of hydrogen-bond acceptors (Lipinski definition) is 3. The summed E-state index contributed by atoms with van der Waals surface area (Å²) in [5.41, 5.74) is 2.27. The zero-order valence-corrected chi connectivity index (χ0v) is 14.5. The number of nitrogens with zero attached hydrogens (tertiary/aromatic N) is 2. The molecule has 1 heterocycles. The second kappa shape index (κ2) is 7.85. The molecular formula is C19H18ClN3O2. The predicted octanol–water partition coefficient (Wildman–Crippen LogP) is 3.64. The highest BCUT2D eigenvalue weighted by atomic mass is 35.5. The molecule has 1 aromatic heterocycles. The SMILES string of the molecule is Cc1c(C(=O)NCCOc2ccc(Cl)cc2)cnn1-c1ccccc1. The van der Waals surface area contributed by atoms with Crippen LogP contribution in [0.25, 0.3) is 5.69 Å². The second-order valence-electron chi connectivity index (χ2n) is 5.45. The van der Waals surface area contributed by atoms with Crippen LogP contribution in [0.3, 0.4) is 0 Å². The van der Waals surface area contributed by atoms with Crippen molar-refractivity contribution in [3.8, 4) is 11.4 Å². The minimum atomic E-state index is -0.167. The molecule has 0 spiro atoms. The lowest BCUT2D eigenvalue weighted by Gasteiger charge is -2.08. The van der Waals surface area contributed by atoms with Gasteiger partial charge in [0.2, 0.25) is 0 Å². The van der Waals surface area contributed by atoms with E-state index in [0.29, 0.717) is 29.5 Å². The maximum Gasteiger partial charge on any atom is 0.254 e. The van der Waals surface area contributed by atoms with Gasteiger partial charge in [0.1, 0.15) is 12.4 Å². The molecule has 1 amide bonds. The summed E-state index contributed by atoms with van der Waals surface area (Å²) in [6.45, 7) is 2.65. The van der Waals surface area contributed by atoms with Gasteiger partial charge in [-0.3, -0.25) is 4.79 Å². The molecule has 0 bridgehead atoms. The molecule has 5 nitrogen and oxygen atoms in total. The molecule has 1 N–H and O–H groups in total. The number of aromatic nitrogens is 2. The quantitative estimate of drug-likeness (QED) is 0.687. The van der Waals surface area contributed by atoms with Crippen LogP contribution in [0, 0.1) is 6.92 Å². The van der Waals surface area contributed by atoms with Crippen LogP contribution in [-0.2, 0) is 0 Å². The lowest BCUT2D eigenvalue weighted by atomic mass is 10.2. The number of hydrogen-bond donors (Lipinski definition) is 1. The number of para-hydroxylation sites is 1. The van der Waals surface area contributed by atoms with Crippen LogP contribution in [0.2, 0.25) is 5.02 Å². The first-order valence-corrected chi connectivity index (χ1v) is 8.29.